The summed E-state index contributed by atoms with van der Waals surface area (Å²) >= 11 is 5.50. The zero-order valence-corrected chi connectivity index (χ0v) is 28.4. The third-order valence-corrected chi connectivity index (χ3v) is 14.3. The quantitative estimate of drug-likeness (QED) is 0.0724. The van der Waals surface area contributed by atoms with Crippen LogP contribution < -0.4 is 0 Å². The molecule has 8 nitrogen and oxygen atoms in total. The SMILES string of the molecule is [B][C@]12CC[C@H](O)[C@]([B])(CO)C1CC[C@]1([B])C2CC=C2C3C[C@@]([B])(S)[C@@H](OC(=O)/C(C)=C\C)[C@H](SOC(C)=O)[C@]3(CO)[C@H](O)C[C@]21[B]. The Labute approximate surface area is 288 Å². The molecular weight excluding hydrogens is 619 g/mol. The fourth-order valence-electron chi connectivity index (χ4n) is 9.94. The van der Waals surface area contributed by atoms with E-state index in [1.165, 1.54) is 6.92 Å². The van der Waals surface area contributed by atoms with Crippen LogP contribution >= 0.6 is 24.7 Å². The van der Waals surface area contributed by atoms with Crippen LogP contribution in [0.2, 0.25) is 21.3 Å². The number of rotatable bonds is 6. The molecule has 0 aromatic rings. The Morgan fingerprint density at radius 3 is 2.28 bits per heavy atom. The predicted molar refractivity (Wildman–Crippen MR) is 183 cm³/mol. The van der Waals surface area contributed by atoms with Gasteiger partial charge in [0.1, 0.15) is 6.10 Å². The molecule has 0 aromatic heterocycles. The van der Waals surface area contributed by atoms with Gasteiger partial charge in [-0.15, -0.1) is 0 Å². The number of esters is 1. The number of allylic oxidation sites excluding steroid dienone is 3. The Morgan fingerprint density at radius 1 is 1.02 bits per heavy atom. The van der Waals surface area contributed by atoms with Gasteiger partial charge in [0.15, 0.2) is 0 Å². The molecule has 240 valence electrons. The first-order valence-corrected chi connectivity index (χ1v) is 17.2. The summed E-state index contributed by atoms with van der Waals surface area (Å²) in [5, 5.41) is 38.8. The van der Waals surface area contributed by atoms with Crippen LogP contribution in [-0.4, -0.2) is 113 Å². The first-order valence-electron chi connectivity index (χ1n) is 16.0. The van der Waals surface area contributed by atoms with Crippen molar-refractivity contribution in [2.24, 2.45) is 23.2 Å². The maximum atomic E-state index is 13.0. The Hall–Kier alpha value is -0.715. The van der Waals surface area contributed by atoms with Crippen LogP contribution in [0.15, 0.2) is 23.3 Å². The van der Waals surface area contributed by atoms with Crippen LogP contribution in [0.1, 0.15) is 65.7 Å². The molecule has 5 aliphatic rings. The highest BCUT2D eigenvalue weighted by atomic mass is 32.2. The summed E-state index contributed by atoms with van der Waals surface area (Å²) < 4.78 is 9.80. The van der Waals surface area contributed by atoms with E-state index in [2.05, 4.69) is 0 Å². The molecule has 13 atom stereocenters. The Morgan fingerprint density at radius 2 is 1.70 bits per heavy atom. The normalized spacial score (nSPS) is 50.1. The second-order valence-electron chi connectivity index (χ2n) is 14.6. The lowest BCUT2D eigenvalue weighted by Crippen LogP contribution is -2.71. The lowest BCUT2D eigenvalue weighted by molar-refractivity contribution is -0.162. The molecule has 0 saturated heterocycles. The smallest absolute Gasteiger partial charge is 0.333 e. The van der Waals surface area contributed by atoms with Gasteiger partial charge in [0.05, 0.1) is 75.3 Å². The number of aliphatic hydroxyl groups excluding tert-OH is 4. The van der Waals surface area contributed by atoms with Crippen molar-refractivity contribution in [2.75, 3.05) is 13.2 Å². The predicted octanol–water partition coefficient (Wildman–Crippen LogP) is 1.81. The third-order valence-electron chi connectivity index (χ3n) is 12.6. The highest BCUT2D eigenvalue weighted by Crippen LogP contribution is 2.81. The molecule has 0 spiro atoms. The van der Waals surface area contributed by atoms with Gasteiger partial charge >= 0.3 is 11.9 Å². The van der Waals surface area contributed by atoms with E-state index < -0.39 is 97.8 Å². The second-order valence-corrected chi connectivity index (χ2v) is 16.3. The molecule has 4 fully saturated rings. The Balaban J connectivity index is 1.62. The summed E-state index contributed by atoms with van der Waals surface area (Å²) in [5.41, 5.74) is -0.411. The minimum Gasteiger partial charge on any atom is -0.457 e. The number of carbonyl (C=O) groups excluding carboxylic acids is 2. The third kappa shape index (κ3) is 5.01. The van der Waals surface area contributed by atoms with Crippen LogP contribution in [-0.2, 0) is 18.5 Å². The van der Waals surface area contributed by atoms with Crippen molar-refractivity contribution < 1.29 is 38.9 Å². The van der Waals surface area contributed by atoms with Gasteiger partial charge in [0.2, 0.25) is 0 Å². The van der Waals surface area contributed by atoms with Crippen molar-refractivity contribution in [3.63, 3.8) is 0 Å². The first-order chi connectivity index (χ1) is 21.3. The molecule has 46 heavy (non-hydrogen) atoms. The van der Waals surface area contributed by atoms with Crippen molar-refractivity contribution in [1.82, 2.24) is 0 Å². The van der Waals surface area contributed by atoms with Crippen LogP contribution in [0, 0.1) is 23.2 Å². The Kier molecular flexibility index (Phi) is 9.74. The number of carbonyl (C=O) groups is 2. The van der Waals surface area contributed by atoms with Crippen molar-refractivity contribution in [1.29, 1.82) is 0 Å². The molecule has 15 heteroatoms. The van der Waals surface area contributed by atoms with Gasteiger partial charge in [-0.1, -0.05) is 47.6 Å². The van der Waals surface area contributed by atoms with E-state index in [4.69, 9.17) is 60.8 Å². The van der Waals surface area contributed by atoms with Crippen LogP contribution in [0.5, 0.6) is 0 Å². The molecular formula is C31H41B5O8S2. The van der Waals surface area contributed by atoms with E-state index in [9.17, 15) is 30.0 Å². The van der Waals surface area contributed by atoms with E-state index >= 15 is 0 Å². The van der Waals surface area contributed by atoms with E-state index in [-0.39, 0.29) is 12.8 Å². The summed E-state index contributed by atoms with van der Waals surface area (Å²) in [6.45, 7) is 3.50. The lowest BCUT2D eigenvalue weighted by Gasteiger charge is -2.73. The molecule has 5 rings (SSSR count). The maximum Gasteiger partial charge on any atom is 0.333 e. The molecule has 0 aromatic carbocycles. The average Bonchev–Trinajstić information content (AvgIpc) is 2.99. The number of ether oxygens (including phenoxy) is 1. The molecule has 5 aliphatic carbocycles. The van der Waals surface area contributed by atoms with E-state index in [0.29, 0.717) is 55.3 Å². The van der Waals surface area contributed by atoms with Crippen LogP contribution in [0.3, 0.4) is 0 Å². The van der Waals surface area contributed by atoms with Crippen molar-refractivity contribution in [3.05, 3.63) is 23.3 Å². The monoisotopic (exact) mass is 660 g/mol. The van der Waals surface area contributed by atoms with Crippen LogP contribution in [0.25, 0.3) is 0 Å². The minimum atomic E-state index is -1.51. The maximum absolute atomic E-state index is 13.0. The van der Waals surface area contributed by atoms with E-state index in [0.717, 1.165) is 0 Å². The molecule has 4 saturated carbocycles. The fraction of sp³-hybridized carbons (Fsp3) is 0.806. The highest BCUT2D eigenvalue weighted by Gasteiger charge is 2.72. The van der Waals surface area contributed by atoms with Gasteiger partial charge in [-0.05, 0) is 67.9 Å². The number of fused-ring (bicyclic) bond motifs is 7. The summed E-state index contributed by atoms with van der Waals surface area (Å²) in [7, 11) is 35.6. The minimum absolute atomic E-state index is 0.0439. The first kappa shape index (κ1) is 36.6. The zero-order valence-electron chi connectivity index (χ0n) is 26.7. The second kappa shape index (κ2) is 12.3. The molecule has 10 radical (unpaired) electrons. The topological polar surface area (TPSA) is 134 Å². The summed E-state index contributed by atoms with van der Waals surface area (Å²) in [4.78, 5) is 25.1. The van der Waals surface area contributed by atoms with Crippen molar-refractivity contribution in [3.8, 4) is 0 Å². The number of aliphatic hydroxyl groups is 4. The van der Waals surface area contributed by atoms with Crippen LogP contribution in [0.4, 0.5) is 0 Å². The van der Waals surface area contributed by atoms with Crippen molar-refractivity contribution >= 4 is 75.8 Å². The lowest BCUT2D eigenvalue weighted by atomic mass is 9.21. The van der Waals surface area contributed by atoms with Gasteiger partial charge in [0, 0.05) is 29.2 Å². The van der Waals surface area contributed by atoms with E-state index in [1.807, 2.05) is 6.08 Å². The molecule has 0 amide bonds. The zero-order chi connectivity index (χ0) is 34.3. The summed E-state index contributed by atoms with van der Waals surface area (Å²) in [6, 6.07) is 0. The van der Waals surface area contributed by atoms with Gasteiger partial charge in [0.25, 0.3) is 0 Å². The molecule has 4 N–H and O–H groups in total. The molecule has 0 aliphatic heterocycles. The fourth-order valence-corrected chi connectivity index (χ4v) is 11.6. The van der Waals surface area contributed by atoms with E-state index in [1.54, 1.807) is 19.9 Å². The standard InChI is InChI=1S/C31H41B5O8S2/c1-4-15(2)25(42)43-23-24(46-44-16(3)39)26(13-37)18(11-31(23,36)45)17-5-6-20-27(32)9-8-21(40)28(33,14-38)19(27)7-10-29(20,34)30(17,35)12-22(26)41/h4-5,18-24,37-38,40-41,45H,6-14H2,1-3H3/b15-4-/t18?,19?,20?,21-,22+,23-,24-,26-,27+,28-,29-,30-,31+/m0/s1. The summed E-state index contributed by atoms with van der Waals surface area (Å²) in [5.74, 6) is -2.82. The van der Waals surface area contributed by atoms with Gasteiger partial charge in [-0.2, -0.15) is 12.6 Å². The highest BCUT2D eigenvalue weighted by molar-refractivity contribution is 7.95. The number of hydrogen-bond acceptors (Lipinski definition) is 10. The largest absolute Gasteiger partial charge is 0.457 e. The molecule has 0 bridgehead atoms. The summed E-state index contributed by atoms with van der Waals surface area (Å²) in [6.07, 6.45) is 1.98. The Bertz CT molecular complexity index is 1320. The molecule has 0 heterocycles. The average molecular weight is 660 g/mol. The van der Waals surface area contributed by atoms with Gasteiger partial charge in [-0.3, -0.25) is 4.79 Å². The van der Waals surface area contributed by atoms with Gasteiger partial charge in [-0.25, -0.2) is 4.79 Å². The molecule has 3 unspecified atom stereocenters. The number of thiol groups is 1. The number of hydrogen-bond donors (Lipinski definition) is 5. The van der Waals surface area contributed by atoms with Gasteiger partial charge < -0.3 is 29.3 Å². The van der Waals surface area contributed by atoms with Crippen molar-refractivity contribution in [2.45, 2.75) is 115 Å².